The lowest BCUT2D eigenvalue weighted by Gasteiger charge is -2.29. The molecule has 0 spiro atoms. The van der Waals surface area contributed by atoms with Crippen LogP contribution in [-0.2, 0) is 17.9 Å². The fraction of sp³-hybridized carbons (Fsp3) is 0.632. The molecular weight excluding hydrogens is 340 g/mol. The second-order valence-corrected chi connectivity index (χ2v) is 7.59. The molecule has 0 bridgehead atoms. The van der Waals surface area contributed by atoms with Crippen LogP contribution < -0.4 is 10.6 Å². The number of carbonyl (C=O) groups is 1. The van der Waals surface area contributed by atoms with Crippen LogP contribution in [0.5, 0.6) is 0 Å². The van der Waals surface area contributed by atoms with Gasteiger partial charge in [-0.05, 0) is 24.0 Å². The minimum absolute atomic E-state index is 0.163. The van der Waals surface area contributed by atoms with E-state index >= 15 is 0 Å². The van der Waals surface area contributed by atoms with Crippen LogP contribution in [0, 0.1) is 0 Å². The van der Waals surface area contributed by atoms with E-state index in [1.807, 2.05) is 12.1 Å². The third kappa shape index (κ3) is 5.07. The van der Waals surface area contributed by atoms with Crippen LogP contribution >= 0.6 is 0 Å². The van der Waals surface area contributed by atoms with Crippen LogP contribution in [0.3, 0.4) is 0 Å². The summed E-state index contributed by atoms with van der Waals surface area (Å²) in [6, 6.07) is 8.18. The number of aldehydes is 1. The monoisotopic (exact) mass is 367 g/mol. The van der Waals surface area contributed by atoms with E-state index in [0.29, 0.717) is 12.8 Å². The first-order valence-corrected chi connectivity index (χ1v) is 9.18. The normalized spacial score (nSPS) is 26.9. The van der Waals surface area contributed by atoms with Crippen LogP contribution in [0.2, 0.25) is 0 Å². The van der Waals surface area contributed by atoms with Gasteiger partial charge in [0.05, 0.1) is 18.2 Å². The molecule has 0 saturated carbocycles. The molecule has 0 aliphatic carbocycles. The first-order chi connectivity index (χ1) is 12.4. The Hall–Kier alpha value is -1.41. The molecule has 1 unspecified atom stereocenters. The highest BCUT2D eigenvalue weighted by atomic mass is 19.3. The number of aliphatic hydroxyl groups excluding tert-OH is 1. The van der Waals surface area contributed by atoms with E-state index in [2.05, 4.69) is 27.7 Å². The summed E-state index contributed by atoms with van der Waals surface area (Å²) in [6.07, 6.45) is 1.63. The van der Waals surface area contributed by atoms with Gasteiger partial charge in [-0.2, -0.15) is 0 Å². The average Bonchev–Trinajstić information content (AvgIpc) is 2.94. The molecule has 2 fully saturated rings. The molecule has 7 heteroatoms. The van der Waals surface area contributed by atoms with Gasteiger partial charge < -0.3 is 15.2 Å². The molecule has 0 amide bonds. The van der Waals surface area contributed by atoms with E-state index in [1.54, 1.807) is 0 Å². The topological polar surface area (TPSA) is 64.6 Å². The van der Waals surface area contributed by atoms with Crippen LogP contribution in [-0.4, -0.2) is 60.0 Å². The molecule has 2 aliphatic rings. The number of halogens is 2. The minimum Gasteiger partial charge on any atom is -0.393 e. The summed E-state index contributed by atoms with van der Waals surface area (Å²) in [5, 5.41) is 15.3. The van der Waals surface area contributed by atoms with Crippen LogP contribution in [0.15, 0.2) is 24.3 Å². The van der Waals surface area contributed by atoms with Gasteiger partial charge in [0.1, 0.15) is 6.29 Å². The highest BCUT2D eigenvalue weighted by Crippen LogP contribution is 2.30. The Bertz CT molecular complexity index is 603. The molecular formula is C19H27F2N3O2. The van der Waals surface area contributed by atoms with Crippen LogP contribution in [0.25, 0.3) is 0 Å². The number of hydrogen-bond donors (Lipinski definition) is 3. The lowest BCUT2D eigenvalue weighted by molar-refractivity contribution is -0.113. The zero-order valence-corrected chi connectivity index (χ0v) is 14.9. The van der Waals surface area contributed by atoms with Gasteiger partial charge in [-0.25, -0.2) is 8.78 Å². The number of nitrogens with one attached hydrogen (secondary N) is 2. The fourth-order valence-corrected chi connectivity index (χ4v) is 3.67. The van der Waals surface area contributed by atoms with Crippen molar-refractivity contribution in [1.29, 1.82) is 0 Å². The zero-order chi connectivity index (χ0) is 18.6. The highest BCUT2D eigenvalue weighted by molar-refractivity contribution is 5.66. The molecule has 144 valence electrons. The number of alkyl halides is 2. The Kier molecular flexibility index (Phi) is 6.02. The predicted molar refractivity (Wildman–Crippen MR) is 95.0 cm³/mol. The first-order valence-electron chi connectivity index (χ1n) is 9.18. The van der Waals surface area contributed by atoms with Crippen molar-refractivity contribution in [3.63, 3.8) is 0 Å². The van der Waals surface area contributed by atoms with Crippen molar-refractivity contribution in [2.45, 2.75) is 49.9 Å². The number of aliphatic hydroxyl groups is 1. The van der Waals surface area contributed by atoms with Crippen LogP contribution in [0.1, 0.15) is 30.4 Å². The van der Waals surface area contributed by atoms with Crippen molar-refractivity contribution < 1.29 is 18.7 Å². The van der Waals surface area contributed by atoms with E-state index in [4.69, 9.17) is 0 Å². The van der Waals surface area contributed by atoms with Gasteiger partial charge in [-0.3, -0.25) is 10.2 Å². The standard InChI is InChI=1S/C19H27F2N3O2/c20-19(21)11-18(14-25,23-13-19)12-22-9-15-1-3-16(4-2-15)10-24-7-5-17(26)6-8-24/h1-4,14,17,22-23,26H,5-13H2. The van der Waals surface area contributed by atoms with Gasteiger partial charge in [0.25, 0.3) is 5.92 Å². The molecule has 0 aromatic heterocycles. The maximum absolute atomic E-state index is 13.4. The molecule has 5 nitrogen and oxygen atoms in total. The Morgan fingerprint density at radius 3 is 2.46 bits per heavy atom. The average molecular weight is 367 g/mol. The second kappa shape index (κ2) is 8.08. The van der Waals surface area contributed by atoms with Gasteiger partial charge in [-0.1, -0.05) is 24.3 Å². The van der Waals surface area contributed by atoms with E-state index in [-0.39, 0.29) is 12.6 Å². The number of rotatable bonds is 7. The maximum Gasteiger partial charge on any atom is 0.262 e. The van der Waals surface area contributed by atoms with Crippen molar-refractivity contribution >= 4 is 6.29 Å². The summed E-state index contributed by atoms with van der Waals surface area (Å²) < 4.78 is 26.7. The van der Waals surface area contributed by atoms with Crippen molar-refractivity contribution in [3.05, 3.63) is 35.4 Å². The highest BCUT2D eigenvalue weighted by Gasteiger charge is 2.49. The SMILES string of the molecule is O=CC1(CNCc2ccc(CN3CCC(O)CC3)cc2)CC(F)(F)CN1. The Balaban J connectivity index is 1.45. The number of carbonyl (C=O) groups excluding carboxylic acids is 1. The summed E-state index contributed by atoms with van der Waals surface area (Å²) in [5.41, 5.74) is 1.09. The zero-order valence-electron chi connectivity index (χ0n) is 14.9. The second-order valence-electron chi connectivity index (χ2n) is 7.59. The first kappa shape index (κ1) is 19.4. The number of nitrogens with zero attached hydrogens (tertiary/aromatic N) is 1. The van der Waals surface area contributed by atoms with Crippen molar-refractivity contribution in [3.8, 4) is 0 Å². The van der Waals surface area contributed by atoms with E-state index in [1.165, 1.54) is 5.56 Å². The summed E-state index contributed by atoms with van der Waals surface area (Å²) >= 11 is 0. The molecule has 1 aromatic rings. The lowest BCUT2D eigenvalue weighted by atomic mass is 9.98. The van der Waals surface area contributed by atoms with E-state index in [0.717, 1.165) is 38.0 Å². The Labute approximate surface area is 152 Å². The molecule has 1 atom stereocenters. The minimum atomic E-state index is -2.82. The number of benzene rings is 1. The third-order valence-corrected chi connectivity index (χ3v) is 5.25. The Morgan fingerprint density at radius 2 is 1.88 bits per heavy atom. The van der Waals surface area contributed by atoms with Crippen LogP contribution in [0.4, 0.5) is 8.78 Å². The summed E-state index contributed by atoms with van der Waals surface area (Å²) in [6.45, 7) is 2.96. The van der Waals surface area contributed by atoms with Gasteiger partial charge in [-0.15, -0.1) is 0 Å². The van der Waals surface area contributed by atoms with Gasteiger partial charge in [0, 0.05) is 39.1 Å². The molecule has 26 heavy (non-hydrogen) atoms. The molecule has 2 heterocycles. The molecule has 0 radical (unpaired) electrons. The van der Waals surface area contributed by atoms with Crippen molar-refractivity contribution in [2.75, 3.05) is 26.2 Å². The van der Waals surface area contributed by atoms with Gasteiger partial charge in [0.15, 0.2) is 0 Å². The quantitative estimate of drug-likeness (QED) is 0.634. The molecule has 3 rings (SSSR count). The van der Waals surface area contributed by atoms with E-state index in [9.17, 15) is 18.7 Å². The van der Waals surface area contributed by atoms with Crippen molar-refractivity contribution in [2.24, 2.45) is 0 Å². The van der Waals surface area contributed by atoms with Crippen molar-refractivity contribution in [1.82, 2.24) is 15.5 Å². The van der Waals surface area contributed by atoms with Gasteiger partial charge in [0.2, 0.25) is 0 Å². The van der Waals surface area contributed by atoms with E-state index < -0.39 is 24.4 Å². The smallest absolute Gasteiger partial charge is 0.262 e. The van der Waals surface area contributed by atoms with Gasteiger partial charge >= 0.3 is 0 Å². The predicted octanol–water partition coefficient (Wildman–Crippen LogP) is 1.30. The maximum atomic E-state index is 13.4. The summed E-state index contributed by atoms with van der Waals surface area (Å²) in [4.78, 5) is 13.6. The molecule has 2 saturated heterocycles. The molecule has 3 N–H and O–H groups in total. The largest absolute Gasteiger partial charge is 0.393 e. The summed E-state index contributed by atoms with van der Waals surface area (Å²) in [7, 11) is 0. The lowest BCUT2D eigenvalue weighted by Crippen LogP contribution is -2.49. The summed E-state index contributed by atoms with van der Waals surface area (Å²) in [5.74, 6) is -2.82. The number of piperidine rings is 1. The Morgan fingerprint density at radius 1 is 1.23 bits per heavy atom. The fourth-order valence-electron chi connectivity index (χ4n) is 3.67. The number of hydrogen-bond acceptors (Lipinski definition) is 5. The third-order valence-electron chi connectivity index (χ3n) is 5.25. The molecule has 2 aliphatic heterocycles. The number of likely N-dealkylation sites (tertiary alicyclic amines) is 1. The molecule has 1 aromatic carbocycles.